The summed E-state index contributed by atoms with van der Waals surface area (Å²) in [7, 11) is 2.05. The molecule has 0 bridgehead atoms. The molecule has 29 heavy (non-hydrogen) atoms. The fourth-order valence-electron chi connectivity index (χ4n) is 3.15. The summed E-state index contributed by atoms with van der Waals surface area (Å²) >= 11 is 0. The summed E-state index contributed by atoms with van der Waals surface area (Å²) in [5.74, 6) is 0. The second-order valence-corrected chi connectivity index (χ2v) is 6.92. The third-order valence-corrected chi connectivity index (χ3v) is 4.76. The van der Waals surface area contributed by atoms with Gasteiger partial charge in [-0.05, 0) is 34.4 Å². The molecule has 140 valence electrons. The second kappa shape index (κ2) is 8.94. The minimum atomic E-state index is 0.956. The Bertz CT molecular complexity index is 1140. The third-order valence-electron chi connectivity index (χ3n) is 4.76. The van der Waals surface area contributed by atoms with E-state index in [0.29, 0.717) is 0 Å². The summed E-state index contributed by atoms with van der Waals surface area (Å²) in [6.07, 6.45) is 12.5. The molecular weight excluding hydrogens is 352 g/mol. The van der Waals surface area contributed by atoms with Gasteiger partial charge in [0, 0.05) is 18.3 Å². The maximum atomic E-state index is 4.61. The number of rotatable bonds is 5. The number of aryl methyl sites for hydroxylation is 1. The first-order valence-corrected chi connectivity index (χ1v) is 9.70. The van der Waals surface area contributed by atoms with Crippen molar-refractivity contribution in [3.8, 4) is 11.4 Å². The highest BCUT2D eigenvalue weighted by Crippen LogP contribution is 2.18. The molecule has 0 fully saturated rings. The van der Waals surface area contributed by atoms with Crippen LogP contribution in [0.5, 0.6) is 0 Å². The van der Waals surface area contributed by atoms with Crippen molar-refractivity contribution >= 4 is 24.3 Å². The first kappa shape index (κ1) is 18.6. The van der Waals surface area contributed by atoms with Crippen LogP contribution in [0.25, 0.3) is 35.7 Å². The number of benzene rings is 2. The zero-order valence-corrected chi connectivity index (χ0v) is 16.4. The summed E-state index contributed by atoms with van der Waals surface area (Å²) in [5.41, 5.74) is 6.68. The van der Waals surface area contributed by atoms with Crippen LogP contribution in [0.3, 0.4) is 0 Å². The monoisotopic (exact) mass is 375 g/mol. The standard InChI is InChI=1S/C27H23N2/c1-29-19-17-25(15-13-23-10-6-3-7-11-23)21-27(29)26-20-24(16-18-28-26)14-12-22-8-4-2-5-9-22/h2-21H,1H3/q+1/b14-12+,15-13+. The van der Waals surface area contributed by atoms with Gasteiger partial charge in [-0.2, -0.15) is 4.57 Å². The van der Waals surface area contributed by atoms with E-state index in [4.69, 9.17) is 0 Å². The van der Waals surface area contributed by atoms with Gasteiger partial charge in [0.05, 0.1) is 0 Å². The van der Waals surface area contributed by atoms with Crippen LogP contribution in [0.15, 0.2) is 97.3 Å². The fourth-order valence-corrected chi connectivity index (χ4v) is 3.15. The second-order valence-electron chi connectivity index (χ2n) is 6.92. The van der Waals surface area contributed by atoms with Gasteiger partial charge in [-0.25, -0.2) is 4.98 Å². The lowest BCUT2D eigenvalue weighted by Crippen LogP contribution is -2.30. The number of nitrogens with zero attached hydrogens (tertiary/aromatic N) is 2. The summed E-state index contributed by atoms with van der Waals surface area (Å²) in [6.45, 7) is 0. The number of hydrogen-bond donors (Lipinski definition) is 0. The van der Waals surface area contributed by atoms with Crippen molar-refractivity contribution < 1.29 is 4.57 Å². The quantitative estimate of drug-likeness (QED) is 0.396. The highest BCUT2D eigenvalue weighted by Gasteiger charge is 2.11. The van der Waals surface area contributed by atoms with Crippen molar-refractivity contribution in [1.82, 2.24) is 4.98 Å². The predicted molar refractivity (Wildman–Crippen MR) is 122 cm³/mol. The van der Waals surface area contributed by atoms with Gasteiger partial charge in [-0.1, -0.05) is 85.0 Å². The molecule has 4 aromatic rings. The van der Waals surface area contributed by atoms with E-state index in [-0.39, 0.29) is 0 Å². The number of aromatic nitrogens is 2. The Kier molecular flexibility index (Phi) is 5.73. The van der Waals surface area contributed by atoms with Gasteiger partial charge >= 0.3 is 0 Å². The normalized spacial score (nSPS) is 11.3. The van der Waals surface area contributed by atoms with Crippen molar-refractivity contribution in [2.75, 3.05) is 0 Å². The Morgan fingerprint density at radius 2 is 1.17 bits per heavy atom. The molecule has 0 amide bonds. The average Bonchev–Trinajstić information content (AvgIpc) is 2.79. The van der Waals surface area contributed by atoms with E-state index in [1.165, 1.54) is 11.1 Å². The van der Waals surface area contributed by atoms with Crippen molar-refractivity contribution in [1.29, 1.82) is 0 Å². The largest absolute Gasteiger partial charge is 0.250 e. The molecule has 0 unspecified atom stereocenters. The maximum Gasteiger partial charge on any atom is 0.231 e. The third kappa shape index (κ3) is 4.94. The minimum absolute atomic E-state index is 0.956. The maximum absolute atomic E-state index is 4.61. The van der Waals surface area contributed by atoms with Gasteiger partial charge in [0.2, 0.25) is 5.69 Å². The van der Waals surface area contributed by atoms with E-state index >= 15 is 0 Å². The molecule has 4 rings (SSSR count). The molecule has 0 atom stereocenters. The fraction of sp³-hybridized carbons (Fsp3) is 0.0370. The van der Waals surface area contributed by atoms with E-state index in [9.17, 15) is 0 Å². The van der Waals surface area contributed by atoms with Crippen LogP contribution in [-0.4, -0.2) is 4.98 Å². The summed E-state index contributed by atoms with van der Waals surface area (Å²) < 4.78 is 2.10. The molecule has 2 nitrogen and oxygen atoms in total. The Balaban J connectivity index is 1.61. The molecule has 0 aliphatic heterocycles. The lowest BCUT2D eigenvalue weighted by Gasteiger charge is -2.03. The van der Waals surface area contributed by atoms with E-state index in [0.717, 1.165) is 22.5 Å². The number of hydrogen-bond acceptors (Lipinski definition) is 1. The van der Waals surface area contributed by atoms with E-state index in [2.05, 4.69) is 94.6 Å². The molecule has 2 heteroatoms. The lowest BCUT2D eigenvalue weighted by atomic mass is 10.1. The zero-order chi connectivity index (χ0) is 19.9. The van der Waals surface area contributed by atoms with Crippen molar-refractivity contribution in [2.24, 2.45) is 7.05 Å². The van der Waals surface area contributed by atoms with E-state index in [1.54, 1.807) is 0 Å². The molecule has 0 aliphatic rings. The highest BCUT2D eigenvalue weighted by molar-refractivity contribution is 5.73. The predicted octanol–water partition coefficient (Wildman–Crippen LogP) is 5.91. The van der Waals surface area contributed by atoms with Crippen molar-refractivity contribution in [3.05, 3.63) is 120 Å². The molecule has 0 N–H and O–H groups in total. The van der Waals surface area contributed by atoms with Crippen LogP contribution in [0.1, 0.15) is 22.3 Å². The van der Waals surface area contributed by atoms with Crippen LogP contribution in [-0.2, 0) is 7.05 Å². The highest BCUT2D eigenvalue weighted by atomic mass is 14.9. The van der Waals surface area contributed by atoms with Crippen LogP contribution in [0.2, 0.25) is 0 Å². The molecule has 0 saturated carbocycles. The van der Waals surface area contributed by atoms with Gasteiger partial charge in [-0.15, -0.1) is 0 Å². The SMILES string of the molecule is C[n+]1ccc(/C=C/c2ccccc2)cc1-c1cc(/C=C/c2ccccc2)ccn1. The van der Waals surface area contributed by atoms with Crippen molar-refractivity contribution in [3.63, 3.8) is 0 Å². The molecule has 2 aromatic heterocycles. The first-order chi connectivity index (χ1) is 14.3. The van der Waals surface area contributed by atoms with Crippen molar-refractivity contribution in [2.45, 2.75) is 0 Å². The lowest BCUT2D eigenvalue weighted by molar-refractivity contribution is -0.660. The zero-order valence-electron chi connectivity index (χ0n) is 16.4. The molecule has 2 heterocycles. The summed E-state index contributed by atoms with van der Waals surface area (Å²) in [5, 5.41) is 0. The Morgan fingerprint density at radius 1 is 0.621 bits per heavy atom. The molecular formula is C27H23N2+. The van der Waals surface area contributed by atoms with Crippen LogP contribution < -0.4 is 4.57 Å². The topological polar surface area (TPSA) is 16.8 Å². The molecule has 0 saturated heterocycles. The Morgan fingerprint density at radius 3 is 1.79 bits per heavy atom. The Labute approximate surface area is 172 Å². The Hall–Kier alpha value is -3.78. The molecule has 0 radical (unpaired) electrons. The minimum Gasteiger partial charge on any atom is -0.250 e. The van der Waals surface area contributed by atoms with Gasteiger partial charge in [0.15, 0.2) is 6.20 Å². The smallest absolute Gasteiger partial charge is 0.231 e. The van der Waals surface area contributed by atoms with E-state index < -0.39 is 0 Å². The molecule has 0 spiro atoms. The first-order valence-electron chi connectivity index (χ1n) is 9.70. The van der Waals surface area contributed by atoms with Crippen LogP contribution in [0.4, 0.5) is 0 Å². The number of pyridine rings is 2. The molecule has 2 aromatic carbocycles. The van der Waals surface area contributed by atoms with Gasteiger partial charge < -0.3 is 0 Å². The summed E-state index contributed by atoms with van der Waals surface area (Å²) in [4.78, 5) is 4.61. The van der Waals surface area contributed by atoms with Gasteiger partial charge in [0.25, 0.3) is 0 Å². The van der Waals surface area contributed by atoms with Gasteiger partial charge in [0.1, 0.15) is 12.7 Å². The molecule has 0 aliphatic carbocycles. The van der Waals surface area contributed by atoms with Gasteiger partial charge in [-0.3, -0.25) is 0 Å². The van der Waals surface area contributed by atoms with Crippen LogP contribution in [0, 0.1) is 0 Å². The van der Waals surface area contributed by atoms with E-state index in [1.807, 2.05) is 43.6 Å². The summed E-state index contributed by atoms with van der Waals surface area (Å²) in [6, 6.07) is 29.1. The average molecular weight is 375 g/mol. The van der Waals surface area contributed by atoms with Crippen LogP contribution >= 0.6 is 0 Å².